The topological polar surface area (TPSA) is 21.3 Å². The van der Waals surface area contributed by atoms with Crippen LogP contribution in [0.4, 0.5) is 0 Å². The number of rotatable bonds is 7. The largest absolute Gasteiger partial charge is 0.371 e. The van der Waals surface area contributed by atoms with E-state index in [-0.39, 0.29) is 5.60 Å². The van der Waals surface area contributed by atoms with Crippen molar-refractivity contribution in [2.24, 2.45) is 0 Å². The second kappa shape index (κ2) is 6.39. The fourth-order valence-electron chi connectivity index (χ4n) is 1.35. The van der Waals surface area contributed by atoms with Crippen molar-refractivity contribution in [3.05, 3.63) is 0 Å². The Kier molecular flexibility index (Phi) is 6.35. The summed E-state index contributed by atoms with van der Waals surface area (Å²) in [7, 11) is 0. The second-order valence-electron chi connectivity index (χ2n) is 4.15. The molecule has 0 aliphatic heterocycles. The van der Waals surface area contributed by atoms with Gasteiger partial charge in [-0.3, -0.25) is 0 Å². The van der Waals surface area contributed by atoms with E-state index in [0.717, 1.165) is 19.5 Å². The van der Waals surface area contributed by atoms with E-state index in [1.165, 1.54) is 6.42 Å². The minimum absolute atomic E-state index is 0.00331. The summed E-state index contributed by atoms with van der Waals surface area (Å²) in [5, 5.41) is 3.41. The predicted octanol–water partition coefficient (Wildman–Crippen LogP) is 2.58. The van der Waals surface area contributed by atoms with Crippen molar-refractivity contribution in [1.29, 1.82) is 0 Å². The van der Waals surface area contributed by atoms with E-state index in [0.29, 0.717) is 6.10 Å². The molecular formula is C11H25NO. The molecule has 0 spiro atoms. The van der Waals surface area contributed by atoms with Crippen molar-refractivity contribution < 1.29 is 4.74 Å². The van der Waals surface area contributed by atoms with Gasteiger partial charge in [0.2, 0.25) is 0 Å². The van der Waals surface area contributed by atoms with E-state index in [1.807, 2.05) is 0 Å². The first-order chi connectivity index (χ1) is 6.04. The van der Waals surface area contributed by atoms with Crippen molar-refractivity contribution in [3.63, 3.8) is 0 Å². The van der Waals surface area contributed by atoms with Crippen LogP contribution in [0.25, 0.3) is 0 Å². The highest BCUT2D eigenvalue weighted by Gasteiger charge is 2.23. The third kappa shape index (κ3) is 6.05. The highest BCUT2D eigenvalue weighted by atomic mass is 16.5. The van der Waals surface area contributed by atoms with Crippen LogP contribution in [0, 0.1) is 0 Å². The molecule has 0 aromatic heterocycles. The molecule has 0 aliphatic carbocycles. The lowest BCUT2D eigenvalue weighted by molar-refractivity contribution is -0.0684. The summed E-state index contributed by atoms with van der Waals surface area (Å²) in [6, 6.07) is 0. The predicted molar refractivity (Wildman–Crippen MR) is 58.1 cm³/mol. The van der Waals surface area contributed by atoms with Crippen molar-refractivity contribution >= 4 is 0 Å². The van der Waals surface area contributed by atoms with E-state index in [1.54, 1.807) is 0 Å². The molecule has 2 heteroatoms. The zero-order valence-electron chi connectivity index (χ0n) is 9.81. The lowest BCUT2D eigenvalue weighted by atomic mass is 10.0. The number of hydrogen-bond acceptors (Lipinski definition) is 2. The Morgan fingerprint density at radius 2 is 1.92 bits per heavy atom. The van der Waals surface area contributed by atoms with Gasteiger partial charge < -0.3 is 10.1 Å². The molecule has 0 aromatic carbocycles. The van der Waals surface area contributed by atoms with Crippen LogP contribution >= 0.6 is 0 Å². The quantitative estimate of drug-likeness (QED) is 0.619. The summed E-state index contributed by atoms with van der Waals surface area (Å²) in [5.41, 5.74) is 0.00331. The molecule has 0 amide bonds. The first-order valence-electron chi connectivity index (χ1n) is 5.42. The Hall–Kier alpha value is -0.0800. The van der Waals surface area contributed by atoms with Crippen LogP contribution in [0.2, 0.25) is 0 Å². The molecule has 13 heavy (non-hydrogen) atoms. The van der Waals surface area contributed by atoms with Crippen LogP contribution in [0.1, 0.15) is 47.5 Å². The van der Waals surface area contributed by atoms with Crippen LogP contribution < -0.4 is 5.32 Å². The standard InChI is InChI=1S/C11H25NO/c1-6-8-12-9-11(5,7-2)13-10(3)4/h10,12H,6-9H2,1-5H3. The number of nitrogens with one attached hydrogen (secondary N) is 1. The first kappa shape index (κ1) is 12.9. The van der Waals surface area contributed by atoms with Gasteiger partial charge in [0.05, 0.1) is 11.7 Å². The molecule has 0 radical (unpaired) electrons. The molecule has 0 aliphatic rings. The third-order valence-electron chi connectivity index (χ3n) is 2.19. The lowest BCUT2D eigenvalue weighted by Gasteiger charge is -2.31. The van der Waals surface area contributed by atoms with Crippen LogP contribution in [-0.2, 0) is 4.74 Å². The van der Waals surface area contributed by atoms with Crippen molar-refractivity contribution in [1.82, 2.24) is 5.32 Å². The number of hydrogen-bond donors (Lipinski definition) is 1. The van der Waals surface area contributed by atoms with E-state index >= 15 is 0 Å². The van der Waals surface area contributed by atoms with E-state index in [2.05, 4.69) is 39.9 Å². The van der Waals surface area contributed by atoms with Crippen LogP contribution in [0.15, 0.2) is 0 Å². The van der Waals surface area contributed by atoms with E-state index in [4.69, 9.17) is 4.74 Å². The van der Waals surface area contributed by atoms with Crippen LogP contribution in [-0.4, -0.2) is 24.8 Å². The van der Waals surface area contributed by atoms with Gasteiger partial charge in [0.25, 0.3) is 0 Å². The summed E-state index contributed by atoms with van der Waals surface area (Å²) < 4.78 is 5.87. The summed E-state index contributed by atoms with van der Waals surface area (Å²) in [6.07, 6.45) is 2.55. The Morgan fingerprint density at radius 1 is 1.31 bits per heavy atom. The van der Waals surface area contributed by atoms with Gasteiger partial charge in [-0.15, -0.1) is 0 Å². The maximum Gasteiger partial charge on any atom is 0.0779 e. The molecule has 1 N–H and O–H groups in total. The van der Waals surface area contributed by atoms with Crippen molar-refractivity contribution in [3.8, 4) is 0 Å². The molecule has 0 saturated carbocycles. The van der Waals surface area contributed by atoms with Crippen LogP contribution in [0.5, 0.6) is 0 Å². The molecule has 2 nitrogen and oxygen atoms in total. The lowest BCUT2D eigenvalue weighted by Crippen LogP contribution is -2.41. The molecule has 0 bridgehead atoms. The average molecular weight is 187 g/mol. The monoisotopic (exact) mass is 187 g/mol. The SMILES string of the molecule is CCCNCC(C)(CC)OC(C)C. The van der Waals surface area contributed by atoms with E-state index in [9.17, 15) is 0 Å². The van der Waals surface area contributed by atoms with Crippen molar-refractivity contribution in [2.45, 2.75) is 59.2 Å². The molecule has 0 fully saturated rings. The molecule has 80 valence electrons. The second-order valence-corrected chi connectivity index (χ2v) is 4.15. The number of ether oxygens (including phenoxy) is 1. The smallest absolute Gasteiger partial charge is 0.0779 e. The Labute approximate surface area is 83.1 Å². The van der Waals surface area contributed by atoms with Gasteiger partial charge in [-0.25, -0.2) is 0 Å². The first-order valence-corrected chi connectivity index (χ1v) is 5.42. The van der Waals surface area contributed by atoms with Gasteiger partial charge in [-0.05, 0) is 40.2 Å². The zero-order chi connectivity index (χ0) is 10.3. The minimum atomic E-state index is 0.00331. The van der Waals surface area contributed by atoms with E-state index < -0.39 is 0 Å². The maximum absolute atomic E-state index is 5.87. The molecule has 0 heterocycles. The molecule has 0 aromatic rings. The highest BCUT2D eigenvalue weighted by Crippen LogP contribution is 2.16. The highest BCUT2D eigenvalue weighted by molar-refractivity contribution is 4.76. The molecule has 0 rings (SSSR count). The summed E-state index contributed by atoms with van der Waals surface area (Å²) in [6.45, 7) is 12.7. The molecule has 1 atom stereocenters. The summed E-state index contributed by atoms with van der Waals surface area (Å²) in [5.74, 6) is 0. The molecular weight excluding hydrogens is 162 g/mol. The molecule has 1 unspecified atom stereocenters. The van der Waals surface area contributed by atoms with Gasteiger partial charge in [-0.1, -0.05) is 13.8 Å². The molecule has 0 saturated heterocycles. The fraction of sp³-hybridized carbons (Fsp3) is 1.00. The Bertz CT molecular complexity index is 125. The van der Waals surface area contributed by atoms with Gasteiger partial charge in [0.15, 0.2) is 0 Å². The Morgan fingerprint density at radius 3 is 2.31 bits per heavy atom. The van der Waals surface area contributed by atoms with Gasteiger partial charge in [-0.2, -0.15) is 0 Å². The Balaban J connectivity index is 3.81. The van der Waals surface area contributed by atoms with Crippen molar-refractivity contribution in [2.75, 3.05) is 13.1 Å². The summed E-state index contributed by atoms with van der Waals surface area (Å²) >= 11 is 0. The zero-order valence-corrected chi connectivity index (χ0v) is 9.81. The van der Waals surface area contributed by atoms with Gasteiger partial charge in [0.1, 0.15) is 0 Å². The fourth-order valence-corrected chi connectivity index (χ4v) is 1.35. The maximum atomic E-state index is 5.87. The van der Waals surface area contributed by atoms with Crippen LogP contribution in [0.3, 0.4) is 0 Å². The normalized spacial score (nSPS) is 16.2. The third-order valence-corrected chi connectivity index (χ3v) is 2.19. The summed E-state index contributed by atoms with van der Waals surface area (Å²) in [4.78, 5) is 0. The average Bonchev–Trinajstić information content (AvgIpc) is 2.04. The van der Waals surface area contributed by atoms with Gasteiger partial charge >= 0.3 is 0 Å². The minimum Gasteiger partial charge on any atom is -0.371 e. The van der Waals surface area contributed by atoms with Gasteiger partial charge in [0, 0.05) is 6.54 Å².